The third-order valence-corrected chi connectivity index (χ3v) is 9.59. The van der Waals surface area contributed by atoms with Crippen LogP contribution in [-0.2, 0) is 4.43 Å². The van der Waals surface area contributed by atoms with Crippen LogP contribution in [0.25, 0.3) is 0 Å². The van der Waals surface area contributed by atoms with Gasteiger partial charge in [-0.2, -0.15) is 0 Å². The van der Waals surface area contributed by atoms with Gasteiger partial charge < -0.3 is 4.43 Å². The summed E-state index contributed by atoms with van der Waals surface area (Å²) in [6.07, 6.45) is 0.404. The van der Waals surface area contributed by atoms with Crippen LogP contribution in [0.1, 0.15) is 41.5 Å². The third kappa shape index (κ3) is 9.34. The highest BCUT2D eigenvalue weighted by molar-refractivity contribution is 6.79. The van der Waals surface area contributed by atoms with Gasteiger partial charge in [0.25, 0.3) is 0 Å². The molecule has 0 aromatic carbocycles. The van der Waals surface area contributed by atoms with E-state index in [4.69, 9.17) is 4.43 Å². The van der Waals surface area contributed by atoms with E-state index >= 15 is 0 Å². The molecular weight excluding hydrogens is 252 g/mol. The average molecular weight is 291 g/mol. The molecule has 18 heavy (non-hydrogen) atoms. The van der Waals surface area contributed by atoms with Gasteiger partial charge in [0.15, 0.2) is 8.32 Å². The maximum atomic E-state index is 5.58. The summed E-state index contributed by atoms with van der Waals surface area (Å²) >= 11 is 0. The van der Waals surface area contributed by atoms with Gasteiger partial charge in [0.2, 0.25) is 0 Å². The Hall–Kier alpha value is 0.394. The van der Waals surface area contributed by atoms with Crippen molar-refractivity contribution in [3.63, 3.8) is 0 Å². The van der Waals surface area contributed by atoms with Crippen molar-refractivity contribution in [3.8, 4) is 0 Å². The van der Waals surface area contributed by atoms with Crippen molar-refractivity contribution in [2.75, 3.05) is 0 Å². The summed E-state index contributed by atoms with van der Waals surface area (Å²) in [7, 11) is -2.17. The van der Waals surface area contributed by atoms with Crippen LogP contribution in [0.3, 0.4) is 0 Å². The van der Waals surface area contributed by atoms with E-state index in [1.807, 2.05) is 0 Å². The minimum Gasteiger partial charge on any atom is -0.415 e. The highest BCUT2D eigenvalue weighted by atomic mass is 28.4. The van der Waals surface area contributed by atoms with Crippen molar-refractivity contribution >= 4 is 16.4 Å². The van der Waals surface area contributed by atoms with Crippen molar-refractivity contribution in [2.45, 2.75) is 92.0 Å². The van der Waals surface area contributed by atoms with Crippen LogP contribution in [0.4, 0.5) is 0 Å². The number of rotatable bonds is 4. The van der Waals surface area contributed by atoms with Gasteiger partial charge in [-0.15, -0.1) is 0 Å². The molecule has 0 amide bonds. The number of hydrogen-bond donors (Lipinski definition) is 0. The van der Waals surface area contributed by atoms with Crippen LogP contribution in [0.2, 0.25) is 44.3 Å². The molecule has 0 rings (SSSR count). The van der Waals surface area contributed by atoms with Gasteiger partial charge in [0.1, 0.15) is 0 Å². The first kappa shape index (κ1) is 20.7. The Morgan fingerprint density at radius 1 is 0.778 bits per heavy atom. The van der Waals surface area contributed by atoms with Crippen molar-refractivity contribution < 1.29 is 4.43 Å². The quantitative estimate of drug-likeness (QED) is 0.576. The Labute approximate surface area is 119 Å². The largest absolute Gasteiger partial charge is 0.415 e. The van der Waals surface area contributed by atoms with Gasteiger partial charge in [0, 0.05) is 6.10 Å². The molecule has 0 aliphatic carbocycles. The lowest BCUT2D eigenvalue weighted by molar-refractivity contribution is 0.235. The predicted molar refractivity (Wildman–Crippen MR) is 91.8 cm³/mol. The van der Waals surface area contributed by atoms with Gasteiger partial charge >= 0.3 is 0 Å². The molecule has 0 atom stereocenters. The molecule has 0 aliphatic heterocycles. The minimum absolute atomic E-state index is 0.404. The van der Waals surface area contributed by atoms with Crippen molar-refractivity contribution in [1.29, 1.82) is 0 Å². The zero-order valence-corrected chi connectivity index (χ0v) is 17.1. The first-order chi connectivity index (χ1) is 7.61. The van der Waals surface area contributed by atoms with Crippen LogP contribution in [0, 0.1) is 5.92 Å². The molecular formula is C15H38OSi2. The third-order valence-electron chi connectivity index (χ3n) is 3.97. The van der Waals surface area contributed by atoms with Crippen LogP contribution in [0.15, 0.2) is 0 Å². The fourth-order valence-corrected chi connectivity index (χ4v) is 4.72. The van der Waals surface area contributed by atoms with E-state index in [0.29, 0.717) is 11.1 Å². The fourth-order valence-electron chi connectivity index (χ4n) is 1.57. The molecule has 0 saturated carbocycles. The smallest absolute Gasteiger partial charge is 0.184 e. The molecule has 0 heterocycles. The summed E-state index contributed by atoms with van der Waals surface area (Å²) in [5, 5.41) is 0.576. The van der Waals surface area contributed by atoms with E-state index in [9.17, 15) is 0 Å². The molecule has 0 fully saturated rings. The molecule has 3 heteroatoms. The first-order valence-electron chi connectivity index (χ1n) is 7.29. The Kier molecular flexibility index (Phi) is 8.34. The second kappa shape index (κ2) is 7.25. The van der Waals surface area contributed by atoms with Gasteiger partial charge in [-0.3, -0.25) is 0 Å². The zero-order chi connectivity index (χ0) is 15.4. The van der Waals surface area contributed by atoms with Gasteiger partial charge in [0.05, 0.1) is 8.07 Å². The molecule has 1 nitrogen and oxygen atoms in total. The lowest BCUT2D eigenvalue weighted by Crippen LogP contribution is -2.38. The Morgan fingerprint density at radius 2 is 1.11 bits per heavy atom. The van der Waals surface area contributed by atoms with Crippen molar-refractivity contribution in [3.05, 3.63) is 0 Å². The van der Waals surface area contributed by atoms with Crippen molar-refractivity contribution in [2.24, 2.45) is 5.92 Å². The van der Waals surface area contributed by atoms with Gasteiger partial charge in [-0.1, -0.05) is 47.3 Å². The molecule has 0 saturated heterocycles. The van der Waals surface area contributed by atoms with Gasteiger partial charge in [-0.25, -0.2) is 0 Å². The van der Waals surface area contributed by atoms with E-state index in [-0.39, 0.29) is 0 Å². The summed E-state index contributed by atoms with van der Waals surface area (Å²) in [5.74, 6) is 0.819. The monoisotopic (exact) mass is 290 g/mol. The maximum Gasteiger partial charge on any atom is 0.184 e. The minimum atomic E-state index is -1.22. The highest BCUT2D eigenvalue weighted by Gasteiger charge is 2.36. The normalized spacial score (nSPS) is 13.7. The van der Waals surface area contributed by atoms with E-state index in [2.05, 4.69) is 80.8 Å². The molecule has 0 aliphatic rings. The van der Waals surface area contributed by atoms with E-state index < -0.39 is 16.4 Å². The predicted octanol–water partition coefficient (Wildman–Crippen LogP) is 6.01. The summed E-state index contributed by atoms with van der Waals surface area (Å²) in [6, 6.07) is 0. The number of hydrogen-bond acceptors (Lipinski definition) is 1. The average Bonchev–Trinajstić information content (AvgIpc) is 1.96. The molecule has 112 valence electrons. The topological polar surface area (TPSA) is 9.23 Å². The first-order valence-corrected chi connectivity index (χ1v) is 14.2. The highest BCUT2D eigenvalue weighted by Crippen LogP contribution is 2.43. The molecule has 0 radical (unpaired) electrons. The molecule has 0 unspecified atom stereocenters. The molecule has 0 spiro atoms. The second-order valence-corrected chi connectivity index (χ2v) is 18.7. The summed E-state index contributed by atoms with van der Waals surface area (Å²) in [5.41, 5.74) is 0. The maximum absolute atomic E-state index is 5.58. The molecule has 0 aromatic rings. The van der Waals surface area contributed by atoms with Crippen LogP contribution >= 0.6 is 0 Å². The second-order valence-electron chi connectivity index (χ2n) is 8.41. The Balaban J connectivity index is 0. The molecule has 0 N–H and O–H groups in total. The summed E-state index contributed by atoms with van der Waals surface area (Å²) in [4.78, 5) is 0. The molecule has 0 aromatic heterocycles. The van der Waals surface area contributed by atoms with E-state index in [1.54, 1.807) is 0 Å². The lowest BCUT2D eigenvalue weighted by atomic mass is 9.99. The zero-order valence-electron chi connectivity index (χ0n) is 15.1. The Bertz CT molecular complexity index is 220. The van der Waals surface area contributed by atoms with Crippen LogP contribution in [0.5, 0.6) is 0 Å². The molecule has 0 bridgehead atoms. The van der Waals surface area contributed by atoms with Crippen molar-refractivity contribution in [1.82, 2.24) is 0 Å². The van der Waals surface area contributed by atoms with Crippen LogP contribution in [-0.4, -0.2) is 22.5 Å². The van der Waals surface area contributed by atoms with E-state index in [0.717, 1.165) is 5.92 Å². The fraction of sp³-hybridized carbons (Fsp3) is 1.00. The van der Waals surface area contributed by atoms with Crippen LogP contribution < -0.4 is 0 Å². The Morgan fingerprint density at radius 3 is 1.11 bits per heavy atom. The summed E-state index contributed by atoms with van der Waals surface area (Å²) in [6.45, 7) is 27.6. The van der Waals surface area contributed by atoms with E-state index in [1.165, 1.54) is 0 Å². The standard InChI is InChI=1S/C9H22Si.C6H16OSi/c1-8(2)9(3,4)10(5,6)7;1-6(2)7-8(3,4)5/h8H,1-7H3;6H,1-5H3. The van der Waals surface area contributed by atoms with Gasteiger partial charge in [-0.05, 0) is 44.4 Å². The SMILES string of the molecule is CC(C)C(C)(C)[Si](C)(C)C.CC(C)O[Si](C)(C)C. The summed E-state index contributed by atoms with van der Waals surface area (Å²) < 4.78 is 5.58. The lowest BCUT2D eigenvalue weighted by Gasteiger charge is -2.40.